The Morgan fingerprint density at radius 2 is 1.92 bits per heavy atom. The fourth-order valence-corrected chi connectivity index (χ4v) is 5.61. The number of rotatable bonds is 5. The van der Waals surface area contributed by atoms with Crippen molar-refractivity contribution < 1.29 is 23.9 Å². The predicted molar refractivity (Wildman–Crippen MR) is 140 cm³/mol. The minimum absolute atomic E-state index is 0.00365. The van der Waals surface area contributed by atoms with Gasteiger partial charge in [0.05, 0.1) is 11.8 Å². The van der Waals surface area contributed by atoms with Gasteiger partial charge in [-0.1, -0.05) is 30.3 Å². The number of amides is 3. The van der Waals surface area contributed by atoms with Gasteiger partial charge < -0.3 is 20.1 Å². The first kappa shape index (κ1) is 25.6. The molecule has 198 valence electrons. The highest BCUT2D eigenvalue weighted by Crippen LogP contribution is 2.43. The van der Waals surface area contributed by atoms with Crippen molar-refractivity contribution in [2.75, 3.05) is 11.9 Å². The van der Waals surface area contributed by atoms with Crippen LogP contribution in [-0.2, 0) is 20.7 Å². The van der Waals surface area contributed by atoms with Crippen molar-refractivity contribution in [3.8, 4) is 22.9 Å². The lowest BCUT2D eigenvalue weighted by Crippen LogP contribution is -2.55. The molecule has 4 atom stereocenters. The molecule has 2 N–H and O–H groups in total. The monoisotopic (exact) mass is 516 g/mol. The third kappa shape index (κ3) is 5.30. The SMILES string of the molecule is CC(C)(C)OC(=O)N1C2CCC(C2)C1C(=O)N[C@H](C#N)Cc1ccc(-c2ccc3c(c2)OCC(=O)N3)cc1. The molecule has 9 heteroatoms. The average molecular weight is 517 g/mol. The smallest absolute Gasteiger partial charge is 0.411 e. The number of hydrogen-bond donors (Lipinski definition) is 2. The molecule has 2 aromatic rings. The predicted octanol–water partition coefficient (Wildman–Crippen LogP) is 4.02. The summed E-state index contributed by atoms with van der Waals surface area (Å²) in [6, 6.07) is 14.2. The van der Waals surface area contributed by atoms with Gasteiger partial charge in [0.1, 0.15) is 23.4 Å². The minimum Gasteiger partial charge on any atom is -0.482 e. The van der Waals surface area contributed by atoms with Crippen LogP contribution in [0.1, 0.15) is 45.6 Å². The van der Waals surface area contributed by atoms with Crippen LogP contribution >= 0.6 is 0 Å². The molecule has 2 fully saturated rings. The third-order valence-electron chi connectivity index (χ3n) is 7.27. The van der Waals surface area contributed by atoms with Gasteiger partial charge in [0.2, 0.25) is 5.91 Å². The number of nitriles is 1. The molecule has 5 rings (SSSR count). The molecule has 9 nitrogen and oxygen atoms in total. The molecule has 1 saturated carbocycles. The summed E-state index contributed by atoms with van der Waals surface area (Å²) in [5.74, 6) is 0.235. The highest BCUT2D eigenvalue weighted by Gasteiger charge is 2.52. The number of anilines is 1. The largest absolute Gasteiger partial charge is 0.482 e. The van der Waals surface area contributed by atoms with Gasteiger partial charge in [0, 0.05) is 12.5 Å². The Hall–Kier alpha value is -4.06. The number of carbonyl (C=O) groups is 3. The maximum atomic E-state index is 13.3. The zero-order chi connectivity index (χ0) is 27.0. The second kappa shape index (κ2) is 10.0. The number of likely N-dealkylation sites (tertiary alicyclic amines) is 1. The van der Waals surface area contributed by atoms with Crippen LogP contribution in [0.4, 0.5) is 10.5 Å². The Morgan fingerprint density at radius 3 is 2.63 bits per heavy atom. The fraction of sp³-hybridized carbons (Fsp3) is 0.448. The summed E-state index contributed by atoms with van der Waals surface area (Å²) in [6.45, 7) is 5.42. The Balaban J connectivity index is 1.24. The molecule has 3 amide bonds. The van der Waals surface area contributed by atoms with E-state index in [0.717, 1.165) is 36.0 Å². The van der Waals surface area contributed by atoms with Gasteiger partial charge in [0.15, 0.2) is 6.61 Å². The van der Waals surface area contributed by atoms with Crippen molar-refractivity contribution in [3.05, 3.63) is 48.0 Å². The van der Waals surface area contributed by atoms with Crippen LogP contribution in [0.2, 0.25) is 0 Å². The van der Waals surface area contributed by atoms with Crippen molar-refractivity contribution in [3.63, 3.8) is 0 Å². The van der Waals surface area contributed by atoms with Crippen LogP contribution in [0, 0.1) is 17.2 Å². The lowest BCUT2D eigenvalue weighted by Gasteiger charge is -2.35. The number of piperidine rings is 1. The number of nitrogens with one attached hydrogen (secondary N) is 2. The Kier molecular flexibility index (Phi) is 6.74. The quantitative estimate of drug-likeness (QED) is 0.619. The van der Waals surface area contributed by atoms with Crippen LogP contribution in [-0.4, -0.2) is 53.1 Å². The molecule has 1 saturated heterocycles. The lowest BCUT2D eigenvalue weighted by atomic mass is 9.97. The maximum absolute atomic E-state index is 13.3. The minimum atomic E-state index is -0.728. The molecular weight excluding hydrogens is 484 g/mol. The summed E-state index contributed by atoms with van der Waals surface area (Å²) in [6.07, 6.45) is 2.42. The van der Waals surface area contributed by atoms with Crippen LogP contribution in [0.5, 0.6) is 5.75 Å². The molecular formula is C29H32N4O5. The lowest BCUT2D eigenvalue weighted by molar-refractivity contribution is -0.128. The maximum Gasteiger partial charge on any atom is 0.411 e. The van der Waals surface area contributed by atoms with Gasteiger partial charge >= 0.3 is 6.09 Å². The molecule has 2 aromatic carbocycles. The number of fused-ring (bicyclic) bond motifs is 3. The second-order valence-corrected chi connectivity index (χ2v) is 11.2. The van der Waals surface area contributed by atoms with Gasteiger partial charge in [-0.05, 0) is 74.8 Å². The summed E-state index contributed by atoms with van der Waals surface area (Å²) in [5, 5.41) is 15.4. The summed E-state index contributed by atoms with van der Waals surface area (Å²) < 4.78 is 11.1. The second-order valence-electron chi connectivity index (χ2n) is 11.2. The van der Waals surface area contributed by atoms with E-state index in [9.17, 15) is 19.6 Å². The van der Waals surface area contributed by atoms with Crippen molar-refractivity contribution in [2.24, 2.45) is 5.92 Å². The number of hydrogen-bond acceptors (Lipinski definition) is 6. The van der Waals surface area contributed by atoms with E-state index in [0.29, 0.717) is 17.9 Å². The zero-order valence-corrected chi connectivity index (χ0v) is 21.8. The molecule has 38 heavy (non-hydrogen) atoms. The average Bonchev–Trinajstić information content (AvgIpc) is 3.49. The molecule has 0 aromatic heterocycles. The van der Waals surface area contributed by atoms with E-state index >= 15 is 0 Å². The first-order valence-corrected chi connectivity index (χ1v) is 13.0. The van der Waals surface area contributed by atoms with Crippen LogP contribution in [0.15, 0.2) is 42.5 Å². The van der Waals surface area contributed by atoms with Gasteiger partial charge in [-0.25, -0.2) is 4.79 Å². The molecule has 3 aliphatic rings. The summed E-state index contributed by atoms with van der Waals surface area (Å²) in [5.41, 5.74) is 2.80. The van der Waals surface area contributed by atoms with Crippen LogP contribution in [0.25, 0.3) is 11.1 Å². The van der Waals surface area contributed by atoms with Crippen molar-refractivity contribution in [2.45, 2.75) is 70.2 Å². The number of ether oxygens (including phenoxy) is 2. The zero-order valence-electron chi connectivity index (χ0n) is 21.8. The molecule has 3 unspecified atom stereocenters. The molecule has 2 bridgehead atoms. The molecule has 0 radical (unpaired) electrons. The van der Waals surface area contributed by atoms with Gasteiger partial charge in [-0.3, -0.25) is 14.5 Å². The number of benzene rings is 2. The van der Waals surface area contributed by atoms with Crippen LogP contribution in [0.3, 0.4) is 0 Å². The Bertz CT molecular complexity index is 1290. The summed E-state index contributed by atoms with van der Waals surface area (Å²) in [7, 11) is 0. The van der Waals surface area contributed by atoms with Gasteiger partial charge in [-0.2, -0.15) is 5.26 Å². The van der Waals surface area contributed by atoms with E-state index in [4.69, 9.17) is 9.47 Å². The summed E-state index contributed by atoms with van der Waals surface area (Å²) >= 11 is 0. The van der Waals surface area contributed by atoms with E-state index in [2.05, 4.69) is 16.7 Å². The summed E-state index contributed by atoms with van der Waals surface area (Å²) in [4.78, 5) is 39.3. The number of carbonyl (C=O) groups excluding carboxylic acids is 3. The van der Waals surface area contributed by atoms with E-state index < -0.39 is 23.8 Å². The highest BCUT2D eigenvalue weighted by atomic mass is 16.6. The molecule has 1 aliphatic carbocycles. The first-order valence-electron chi connectivity index (χ1n) is 13.0. The molecule has 0 spiro atoms. The standard InChI is InChI=1S/C29H32N4O5/c1-29(2,3)38-28(36)33-22-10-8-20(13-22)26(33)27(35)31-21(15-30)12-17-4-6-18(7-5-17)19-9-11-23-24(14-19)37-16-25(34)32-23/h4-7,9,11,14,20-22,26H,8,10,12-13,16H2,1-3H3,(H,31,35)(H,32,34)/t20?,21-,22?,26?/m0/s1. The van der Waals surface area contributed by atoms with E-state index in [-0.39, 0.29) is 30.4 Å². The van der Waals surface area contributed by atoms with E-state index in [1.807, 2.05) is 63.2 Å². The van der Waals surface area contributed by atoms with Gasteiger partial charge in [-0.15, -0.1) is 0 Å². The first-order chi connectivity index (χ1) is 18.1. The Labute approximate surface area is 222 Å². The topological polar surface area (TPSA) is 121 Å². The van der Waals surface area contributed by atoms with E-state index in [1.54, 1.807) is 4.90 Å². The van der Waals surface area contributed by atoms with Crippen molar-refractivity contribution in [1.82, 2.24) is 10.2 Å². The highest BCUT2D eigenvalue weighted by molar-refractivity contribution is 5.96. The molecule has 2 heterocycles. The van der Waals surface area contributed by atoms with Crippen molar-refractivity contribution >= 4 is 23.6 Å². The van der Waals surface area contributed by atoms with Gasteiger partial charge in [0.25, 0.3) is 5.91 Å². The van der Waals surface area contributed by atoms with Crippen molar-refractivity contribution in [1.29, 1.82) is 5.26 Å². The Morgan fingerprint density at radius 1 is 1.18 bits per heavy atom. The van der Waals surface area contributed by atoms with Crippen LogP contribution < -0.4 is 15.4 Å². The third-order valence-corrected chi connectivity index (χ3v) is 7.27. The fourth-order valence-electron chi connectivity index (χ4n) is 5.61. The number of nitrogens with zero attached hydrogens (tertiary/aromatic N) is 2. The normalized spacial score (nSPS) is 22.5. The van der Waals surface area contributed by atoms with E-state index in [1.165, 1.54) is 0 Å². The molecule has 2 aliphatic heterocycles.